The summed E-state index contributed by atoms with van der Waals surface area (Å²) < 4.78 is 7.93. The second kappa shape index (κ2) is 5.53. The number of para-hydroxylation sites is 1. The van der Waals surface area contributed by atoms with E-state index in [0.29, 0.717) is 0 Å². The molecule has 2 aromatic rings. The van der Waals surface area contributed by atoms with Crippen LogP contribution in [0.15, 0.2) is 30.6 Å². The van der Waals surface area contributed by atoms with E-state index in [1.807, 2.05) is 17.9 Å². The molecule has 1 aliphatic rings. The van der Waals surface area contributed by atoms with Gasteiger partial charge in [-0.3, -0.25) is 4.68 Å². The normalized spacial score (nSPS) is 15.8. The molecule has 0 radical (unpaired) electrons. The molecule has 0 amide bonds. The van der Waals surface area contributed by atoms with Gasteiger partial charge in [0.15, 0.2) is 0 Å². The zero-order valence-corrected chi connectivity index (χ0v) is 13.0. The number of nitrogens with zero attached hydrogens (tertiary/aromatic N) is 2. The minimum absolute atomic E-state index is 0.0753. The lowest BCUT2D eigenvalue weighted by Gasteiger charge is -2.18. The Morgan fingerprint density at radius 2 is 2.24 bits per heavy atom. The molecule has 4 nitrogen and oxygen atoms in total. The summed E-state index contributed by atoms with van der Waals surface area (Å²) in [7, 11) is 1.95. The van der Waals surface area contributed by atoms with Crippen LogP contribution in [-0.2, 0) is 26.4 Å². The van der Waals surface area contributed by atoms with Crippen molar-refractivity contribution in [3.05, 3.63) is 47.3 Å². The SMILES string of the molecule is Cn1cc(CCNCc2cccc3c2OC(C)(C)C3)cn1. The first kappa shape index (κ1) is 14.1. The van der Waals surface area contributed by atoms with Crippen LogP contribution in [0.2, 0.25) is 0 Å². The van der Waals surface area contributed by atoms with Crippen LogP contribution in [0, 0.1) is 0 Å². The van der Waals surface area contributed by atoms with Gasteiger partial charge >= 0.3 is 0 Å². The van der Waals surface area contributed by atoms with Gasteiger partial charge in [0.2, 0.25) is 0 Å². The standard InChI is InChI=1S/C17H23N3O/c1-17(2)9-14-5-4-6-15(16(14)21-17)11-18-8-7-13-10-19-20(3)12-13/h4-6,10,12,18H,7-9,11H2,1-3H3. The summed E-state index contributed by atoms with van der Waals surface area (Å²) in [4.78, 5) is 0. The van der Waals surface area contributed by atoms with Crippen molar-refractivity contribution >= 4 is 0 Å². The Hall–Kier alpha value is -1.81. The Labute approximate surface area is 126 Å². The van der Waals surface area contributed by atoms with E-state index >= 15 is 0 Å². The number of hydrogen-bond acceptors (Lipinski definition) is 3. The second-order valence-corrected chi connectivity index (χ2v) is 6.39. The van der Waals surface area contributed by atoms with E-state index in [0.717, 1.165) is 31.7 Å². The molecule has 0 fully saturated rings. The fourth-order valence-electron chi connectivity index (χ4n) is 2.88. The summed E-state index contributed by atoms with van der Waals surface area (Å²) >= 11 is 0. The van der Waals surface area contributed by atoms with Gasteiger partial charge in [-0.25, -0.2) is 0 Å². The molecule has 21 heavy (non-hydrogen) atoms. The van der Waals surface area contributed by atoms with E-state index in [9.17, 15) is 0 Å². The van der Waals surface area contributed by atoms with Crippen LogP contribution in [0.25, 0.3) is 0 Å². The van der Waals surface area contributed by atoms with E-state index < -0.39 is 0 Å². The number of aryl methyl sites for hydroxylation is 1. The third-order valence-corrected chi connectivity index (χ3v) is 3.84. The van der Waals surface area contributed by atoms with Gasteiger partial charge in [0.1, 0.15) is 11.4 Å². The zero-order valence-electron chi connectivity index (χ0n) is 13.0. The predicted octanol–water partition coefficient (Wildman–Crippen LogP) is 2.47. The molecule has 1 aromatic carbocycles. The molecular formula is C17H23N3O. The van der Waals surface area contributed by atoms with Gasteiger partial charge in [0.05, 0.1) is 6.20 Å². The van der Waals surface area contributed by atoms with Gasteiger partial charge in [0.25, 0.3) is 0 Å². The van der Waals surface area contributed by atoms with Crippen molar-refractivity contribution < 1.29 is 4.74 Å². The van der Waals surface area contributed by atoms with Crippen molar-refractivity contribution in [3.8, 4) is 5.75 Å². The van der Waals surface area contributed by atoms with Gasteiger partial charge in [-0.15, -0.1) is 0 Å². The highest BCUT2D eigenvalue weighted by Crippen LogP contribution is 2.37. The Morgan fingerprint density at radius 1 is 1.38 bits per heavy atom. The molecule has 3 rings (SSSR count). The third kappa shape index (κ3) is 3.27. The molecule has 1 N–H and O–H groups in total. The highest BCUT2D eigenvalue weighted by Gasteiger charge is 2.31. The molecule has 4 heteroatoms. The fraction of sp³-hybridized carbons (Fsp3) is 0.471. The van der Waals surface area contributed by atoms with Gasteiger partial charge in [-0.05, 0) is 37.9 Å². The van der Waals surface area contributed by atoms with Gasteiger partial charge < -0.3 is 10.1 Å². The largest absolute Gasteiger partial charge is 0.487 e. The number of aromatic nitrogens is 2. The van der Waals surface area contributed by atoms with Gasteiger partial charge in [-0.2, -0.15) is 5.10 Å². The van der Waals surface area contributed by atoms with E-state index in [1.54, 1.807) is 0 Å². The molecule has 0 atom stereocenters. The van der Waals surface area contributed by atoms with Gasteiger partial charge in [0, 0.05) is 31.8 Å². The number of rotatable bonds is 5. The lowest BCUT2D eigenvalue weighted by Crippen LogP contribution is -2.25. The van der Waals surface area contributed by atoms with Crippen LogP contribution in [0.1, 0.15) is 30.5 Å². The summed E-state index contributed by atoms with van der Waals surface area (Å²) in [6.07, 6.45) is 5.97. The van der Waals surface area contributed by atoms with E-state index in [2.05, 4.69) is 48.7 Å². The number of nitrogens with one attached hydrogen (secondary N) is 1. The van der Waals surface area contributed by atoms with Crippen LogP contribution in [0.3, 0.4) is 0 Å². The molecule has 0 saturated carbocycles. The maximum Gasteiger partial charge on any atom is 0.127 e. The van der Waals surface area contributed by atoms with Crippen molar-refractivity contribution in [1.82, 2.24) is 15.1 Å². The number of hydrogen-bond donors (Lipinski definition) is 1. The van der Waals surface area contributed by atoms with E-state index in [-0.39, 0.29) is 5.60 Å². The summed E-state index contributed by atoms with van der Waals surface area (Å²) in [5.41, 5.74) is 3.77. The molecule has 2 heterocycles. The van der Waals surface area contributed by atoms with Crippen molar-refractivity contribution in [2.75, 3.05) is 6.54 Å². The number of benzene rings is 1. The maximum atomic E-state index is 6.09. The van der Waals surface area contributed by atoms with Crippen molar-refractivity contribution in [3.63, 3.8) is 0 Å². The first-order chi connectivity index (χ1) is 10.0. The summed E-state index contributed by atoms with van der Waals surface area (Å²) in [6, 6.07) is 6.45. The van der Waals surface area contributed by atoms with Crippen molar-refractivity contribution in [2.45, 2.75) is 38.8 Å². The summed E-state index contributed by atoms with van der Waals surface area (Å²) in [6.45, 7) is 6.08. The molecular weight excluding hydrogens is 262 g/mol. The monoisotopic (exact) mass is 285 g/mol. The molecule has 0 saturated heterocycles. The Bertz CT molecular complexity index is 631. The lowest BCUT2D eigenvalue weighted by atomic mass is 10.0. The summed E-state index contributed by atoms with van der Waals surface area (Å²) in [5, 5.41) is 7.69. The molecule has 0 aliphatic carbocycles. The fourth-order valence-corrected chi connectivity index (χ4v) is 2.88. The van der Waals surface area contributed by atoms with Gasteiger partial charge in [-0.1, -0.05) is 18.2 Å². The molecule has 0 bridgehead atoms. The Balaban J connectivity index is 1.56. The third-order valence-electron chi connectivity index (χ3n) is 3.84. The number of fused-ring (bicyclic) bond motifs is 1. The van der Waals surface area contributed by atoms with Crippen LogP contribution in [-0.4, -0.2) is 21.9 Å². The minimum atomic E-state index is -0.0753. The van der Waals surface area contributed by atoms with Crippen LogP contribution in [0.5, 0.6) is 5.75 Å². The minimum Gasteiger partial charge on any atom is -0.487 e. The van der Waals surface area contributed by atoms with Crippen LogP contribution >= 0.6 is 0 Å². The van der Waals surface area contributed by atoms with E-state index in [1.165, 1.54) is 16.7 Å². The average molecular weight is 285 g/mol. The van der Waals surface area contributed by atoms with Crippen molar-refractivity contribution in [2.24, 2.45) is 7.05 Å². The van der Waals surface area contributed by atoms with Crippen LogP contribution < -0.4 is 10.1 Å². The molecule has 0 spiro atoms. The zero-order chi connectivity index (χ0) is 14.9. The first-order valence-corrected chi connectivity index (χ1v) is 7.51. The molecule has 112 valence electrons. The van der Waals surface area contributed by atoms with E-state index in [4.69, 9.17) is 4.74 Å². The number of ether oxygens (including phenoxy) is 1. The highest BCUT2D eigenvalue weighted by molar-refractivity contribution is 5.45. The first-order valence-electron chi connectivity index (χ1n) is 7.51. The summed E-state index contributed by atoms with van der Waals surface area (Å²) in [5.74, 6) is 1.08. The smallest absolute Gasteiger partial charge is 0.127 e. The van der Waals surface area contributed by atoms with Crippen LogP contribution in [0.4, 0.5) is 0 Å². The second-order valence-electron chi connectivity index (χ2n) is 6.39. The Kier molecular flexibility index (Phi) is 3.72. The lowest BCUT2D eigenvalue weighted by molar-refractivity contribution is 0.137. The topological polar surface area (TPSA) is 39.1 Å². The average Bonchev–Trinajstić information content (AvgIpc) is 2.96. The molecule has 1 aromatic heterocycles. The predicted molar refractivity (Wildman–Crippen MR) is 83.5 cm³/mol. The molecule has 1 aliphatic heterocycles. The van der Waals surface area contributed by atoms with Crippen molar-refractivity contribution in [1.29, 1.82) is 0 Å². The Morgan fingerprint density at radius 3 is 3.00 bits per heavy atom. The quantitative estimate of drug-likeness (QED) is 0.858. The highest BCUT2D eigenvalue weighted by atomic mass is 16.5. The molecule has 0 unspecified atom stereocenters. The maximum absolute atomic E-state index is 6.09.